The molecule has 6 heteroatoms. The van der Waals surface area contributed by atoms with Gasteiger partial charge in [0, 0.05) is 45.1 Å². The Morgan fingerprint density at radius 1 is 0.929 bits per heavy atom. The van der Waals surface area contributed by atoms with Gasteiger partial charge in [0.1, 0.15) is 6.04 Å². The van der Waals surface area contributed by atoms with E-state index in [1.165, 1.54) is 5.56 Å². The summed E-state index contributed by atoms with van der Waals surface area (Å²) in [4.78, 5) is 43.5. The number of aryl methyl sites for hydroxylation is 1. The highest BCUT2D eigenvalue weighted by Crippen LogP contribution is 2.31. The topological polar surface area (TPSA) is 60.9 Å². The molecule has 1 aromatic rings. The number of nitrogens with zero attached hydrogens (tertiary/aromatic N) is 3. The van der Waals surface area contributed by atoms with Gasteiger partial charge in [0.2, 0.25) is 17.7 Å². The number of amides is 3. The lowest BCUT2D eigenvalue weighted by atomic mass is 10.1. The predicted molar refractivity (Wildman–Crippen MR) is 105 cm³/mol. The maximum atomic E-state index is 13.2. The van der Waals surface area contributed by atoms with E-state index in [2.05, 4.69) is 0 Å². The second-order valence-corrected chi connectivity index (χ2v) is 8.34. The van der Waals surface area contributed by atoms with Gasteiger partial charge in [0.15, 0.2) is 0 Å². The van der Waals surface area contributed by atoms with Crippen LogP contribution in [0.1, 0.15) is 43.2 Å². The van der Waals surface area contributed by atoms with Crippen LogP contribution < -0.4 is 0 Å². The Hall–Kier alpha value is -2.37. The molecular formula is C22H29N3O3. The van der Waals surface area contributed by atoms with Crippen molar-refractivity contribution in [2.45, 2.75) is 51.6 Å². The van der Waals surface area contributed by atoms with Crippen LogP contribution in [0.4, 0.5) is 0 Å². The maximum Gasteiger partial charge on any atom is 0.245 e. The molecule has 1 atom stereocenters. The van der Waals surface area contributed by atoms with Gasteiger partial charge < -0.3 is 14.7 Å². The lowest BCUT2D eigenvalue weighted by Crippen LogP contribution is -2.47. The lowest BCUT2D eigenvalue weighted by molar-refractivity contribution is -0.142. The standard InChI is InChI=1S/C22H29N3O3/c1-16-3-5-17(6-4-16)15-25-19(9-10-20(25)26)22(28)24-12-2-11-23(13-14-24)21(27)18-7-8-18/h3-6,18-19H,2,7-15H2,1H3. The van der Waals surface area contributed by atoms with Gasteiger partial charge in [-0.1, -0.05) is 29.8 Å². The van der Waals surface area contributed by atoms with Crippen molar-refractivity contribution in [1.29, 1.82) is 0 Å². The number of benzene rings is 1. The van der Waals surface area contributed by atoms with E-state index < -0.39 is 0 Å². The molecule has 0 radical (unpaired) electrons. The molecule has 150 valence electrons. The first kappa shape index (κ1) is 19.0. The first-order valence-corrected chi connectivity index (χ1v) is 10.5. The Kier molecular flexibility index (Phi) is 5.38. The zero-order valence-electron chi connectivity index (χ0n) is 16.6. The molecule has 3 fully saturated rings. The van der Waals surface area contributed by atoms with E-state index in [1.807, 2.05) is 41.0 Å². The van der Waals surface area contributed by atoms with Crippen molar-refractivity contribution >= 4 is 17.7 Å². The summed E-state index contributed by atoms with van der Waals surface area (Å²) in [5.74, 6) is 0.573. The molecule has 1 saturated carbocycles. The van der Waals surface area contributed by atoms with Crippen LogP contribution in [-0.2, 0) is 20.9 Å². The van der Waals surface area contributed by atoms with Gasteiger partial charge in [0.25, 0.3) is 0 Å². The maximum absolute atomic E-state index is 13.2. The van der Waals surface area contributed by atoms with Crippen LogP contribution >= 0.6 is 0 Å². The largest absolute Gasteiger partial charge is 0.341 e. The normalized spacial score (nSPS) is 23.1. The minimum Gasteiger partial charge on any atom is -0.341 e. The van der Waals surface area contributed by atoms with Crippen molar-refractivity contribution in [1.82, 2.24) is 14.7 Å². The van der Waals surface area contributed by atoms with Gasteiger partial charge in [-0.2, -0.15) is 0 Å². The summed E-state index contributed by atoms with van der Waals surface area (Å²) >= 11 is 0. The zero-order valence-corrected chi connectivity index (χ0v) is 16.6. The highest BCUT2D eigenvalue weighted by atomic mass is 16.2. The van der Waals surface area contributed by atoms with Crippen LogP contribution in [0.25, 0.3) is 0 Å². The van der Waals surface area contributed by atoms with Crippen molar-refractivity contribution in [2.24, 2.45) is 5.92 Å². The van der Waals surface area contributed by atoms with Crippen LogP contribution in [0, 0.1) is 12.8 Å². The van der Waals surface area contributed by atoms with Crippen molar-refractivity contribution in [3.8, 4) is 0 Å². The lowest BCUT2D eigenvalue weighted by Gasteiger charge is -2.30. The van der Waals surface area contributed by atoms with Crippen molar-refractivity contribution < 1.29 is 14.4 Å². The van der Waals surface area contributed by atoms with E-state index in [0.717, 1.165) is 31.4 Å². The van der Waals surface area contributed by atoms with E-state index in [9.17, 15) is 14.4 Å². The number of carbonyl (C=O) groups excluding carboxylic acids is 3. The zero-order chi connectivity index (χ0) is 19.7. The van der Waals surface area contributed by atoms with Gasteiger partial charge in [-0.25, -0.2) is 0 Å². The van der Waals surface area contributed by atoms with E-state index in [-0.39, 0.29) is 29.7 Å². The predicted octanol–water partition coefficient (Wildman–Crippen LogP) is 1.96. The molecule has 0 spiro atoms. The fraction of sp³-hybridized carbons (Fsp3) is 0.591. The molecule has 28 heavy (non-hydrogen) atoms. The Morgan fingerprint density at radius 3 is 2.21 bits per heavy atom. The Morgan fingerprint density at radius 2 is 1.57 bits per heavy atom. The Balaban J connectivity index is 1.40. The molecule has 3 aliphatic rings. The second-order valence-electron chi connectivity index (χ2n) is 8.34. The molecule has 1 unspecified atom stereocenters. The average Bonchev–Trinajstić information content (AvgIpc) is 3.50. The molecular weight excluding hydrogens is 354 g/mol. The van der Waals surface area contributed by atoms with E-state index >= 15 is 0 Å². The summed E-state index contributed by atoms with van der Waals surface area (Å²) in [5.41, 5.74) is 2.23. The molecule has 2 heterocycles. The van der Waals surface area contributed by atoms with Gasteiger partial charge in [-0.05, 0) is 38.2 Å². The molecule has 0 bridgehead atoms. The summed E-state index contributed by atoms with van der Waals surface area (Å²) in [7, 11) is 0. The Labute approximate surface area is 166 Å². The highest BCUT2D eigenvalue weighted by molar-refractivity contribution is 5.91. The molecule has 2 saturated heterocycles. The smallest absolute Gasteiger partial charge is 0.245 e. The highest BCUT2D eigenvalue weighted by Gasteiger charge is 2.39. The van der Waals surface area contributed by atoms with Gasteiger partial charge in [-0.15, -0.1) is 0 Å². The number of carbonyl (C=O) groups is 3. The van der Waals surface area contributed by atoms with Crippen molar-refractivity contribution in [3.63, 3.8) is 0 Å². The van der Waals surface area contributed by atoms with Crippen molar-refractivity contribution in [2.75, 3.05) is 26.2 Å². The molecule has 4 rings (SSSR count). The number of rotatable bonds is 4. The average molecular weight is 383 g/mol. The molecule has 0 N–H and O–H groups in total. The molecule has 1 aromatic carbocycles. The first-order valence-electron chi connectivity index (χ1n) is 10.5. The van der Waals surface area contributed by atoms with E-state index in [0.29, 0.717) is 39.0 Å². The molecule has 2 aliphatic heterocycles. The van der Waals surface area contributed by atoms with Crippen LogP contribution in [0.5, 0.6) is 0 Å². The fourth-order valence-corrected chi connectivity index (χ4v) is 4.24. The van der Waals surface area contributed by atoms with E-state index in [1.54, 1.807) is 4.90 Å². The second kappa shape index (κ2) is 7.94. The third-order valence-corrected chi connectivity index (χ3v) is 6.13. The Bertz CT molecular complexity index is 757. The van der Waals surface area contributed by atoms with Gasteiger partial charge in [0.05, 0.1) is 0 Å². The summed E-state index contributed by atoms with van der Waals surface area (Å²) in [6.45, 7) is 5.09. The minimum absolute atomic E-state index is 0.0404. The summed E-state index contributed by atoms with van der Waals surface area (Å²) in [6, 6.07) is 7.74. The van der Waals surface area contributed by atoms with Crippen molar-refractivity contribution in [3.05, 3.63) is 35.4 Å². The number of hydrogen-bond acceptors (Lipinski definition) is 3. The minimum atomic E-state index is -0.375. The van der Waals surface area contributed by atoms with Gasteiger partial charge in [-0.3, -0.25) is 14.4 Å². The van der Waals surface area contributed by atoms with Crippen LogP contribution in [0.2, 0.25) is 0 Å². The number of hydrogen-bond donors (Lipinski definition) is 0. The molecule has 6 nitrogen and oxygen atoms in total. The SMILES string of the molecule is Cc1ccc(CN2C(=O)CCC2C(=O)N2CCCN(C(=O)C3CC3)CC2)cc1. The van der Waals surface area contributed by atoms with E-state index in [4.69, 9.17) is 0 Å². The fourth-order valence-electron chi connectivity index (χ4n) is 4.24. The monoisotopic (exact) mass is 383 g/mol. The number of likely N-dealkylation sites (tertiary alicyclic amines) is 1. The first-order chi connectivity index (χ1) is 13.5. The summed E-state index contributed by atoms with van der Waals surface area (Å²) < 4.78 is 0. The summed E-state index contributed by atoms with van der Waals surface area (Å²) in [5, 5.41) is 0. The van der Waals surface area contributed by atoms with Crippen LogP contribution in [0.15, 0.2) is 24.3 Å². The molecule has 0 aromatic heterocycles. The molecule has 1 aliphatic carbocycles. The quantitative estimate of drug-likeness (QED) is 0.799. The van der Waals surface area contributed by atoms with Gasteiger partial charge >= 0.3 is 0 Å². The van der Waals surface area contributed by atoms with Crippen LogP contribution in [-0.4, -0.2) is 64.6 Å². The summed E-state index contributed by atoms with van der Waals surface area (Å²) in [6.07, 6.45) is 3.85. The van der Waals surface area contributed by atoms with Crippen LogP contribution in [0.3, 0.4) is 0 Å². The third kappa shape index (κ3) is 4.05. The third-order valence-electron chi connectivity index (χ3n) is 6.13. The molecule has 3 amide bonds.